The predicted octanol–water partition coefficient (Wildman–Crippen LogP) is 3.85. The second kappa shape index (κ2) is 7.40. The Kier molecular flexibility index (Phi) is 5.06. The molecular formula is C18H20BN4S+. The third-order valence-electron chi connectivity index (χ3n) is 3.89. The third kappa shape index (κ3) is 3.89. The molecule has 0 aliphatic carbocycles. The lowest BCUT2D eigenvalue weighted by Gasteiger charge is -2.20. The van der Waals surface area contributed by atoms with E-state index >= 15 is 0 Å². The molecule has 0 amide bonds. The van der Waals surface area contributed by atoms with Crippen LogP contribution < -0.4 is 9.38 Å². The predicted molar refractivity (Wildman–Crippen MR) is 102 cm³/mol. The third-order valence-corrected chi connectivity index (χ3v) is 4.72. The first-order valence-corrected chi connectivity index (χ1v) is 8.72. The van der Waals surface area contributed by atoms with Gasteiger partial charge in [-0.2, -0.15) is 0 Å². The summed E-state index contributed by atoms with van der Waals surface area (Å²) >= 11 is 1.58. The maximum absolute atomic E-state index is 4.39. The fourth-order valence-corrected chi connectivity index (χ4v) is 3.14. The highest BCUT2D eigenvalue weighted by atomic mass is 32.1. The van der Waals surface area contributed by atoms with Gasteiger partial charge in [-0.3, -0.25) is 0 Å². The van der Waals surface area contributed by atoms with E-state index in [4.69, 9.17) is 0 Å². The Hall–Kier alpha value is -2.47. The number of anilines is 1. The molecule has 1 heterocycles. The Bertz CT molecular complexity index is 845. The molecule has 3 rings (SSSR count). The van der Waals surface area contributed by atoms with Crippen molar-refractivity contribution in [3.63, 3.8) is 0 Å². The highest BCUT2D eigenvalue weighted by Gasteiger charge is 2.09. The molecule has 0 radical (unpaired) electrons. The maximum atomic E-state index is 4.39. The molecule has 6 heteroatoms. The summed E-state index contributed by atoms with van der Waals surface area (Å²) in [6.45, 7) is 2.95. The molecule has 0 saturated carbocycles. The molecule has 120 valence electrons. The van der Waals surface area contributed by atoms with E-state index in [2.05, 4.69) is 66.3 Å². The van der Waals surface area contributed by atoms with E-state index in [1.165, 1.54) is 11.3 Å². The number of aryl methyl sites for hydroxylation is 2. The average Bonchev–Trinajstić information content (AvgIpc) is 2.99. The summed E-state index contributed by atoms with van der Waals surface area (Å²) in [5, 5.41) is 11.6. The van der Waals surface area contributed by atoms with E-state index in [0.29, 0.717) is 0 Å². The van der Waals surface area contributed by atoms with Crippen molar-refractivity contribution in [2.45, 2.75) is 13.5 Å². The van der Waals surface area contributed by atoms with E-state index < -0.39 is 0 Å². The zero-order chi connectivity index (χ0) is 16.9. The molecule has 3 aromatic rings. The summed E-state index contributed by atoms with van der Waals surface area (Å²) in [5.41, 5.74) is 4.50. The fraction of sp³-hybridized carbons (Fsp3) is 0.167. The zero-order valence-corrected chi connectivity index (χ0v) is 15.0. The fourth-order valence-electron chi connectivity index (χ4n) is 2.46. The SMILES string of the molecule is BN(Cc1ccccc1)c1ccc(/N=N/c2scc[n+]2C)c(C)c1. The summed E-state index contributed by atoms with van der Waals surface area (Å²) in [7, 11) is 4.08. The number of thiazole rings is 1. The van der Waals surface area contributed by atoms with Gasteiger partial charge in [-0.15, -0.1) is 0 Å². The monoisotopic (exact) mass is 335 g/mol. The number of rotatable bonds is 5. The smallest absolute Gasteiger partial charge is 0.408 e. The van der Waals surface area contributed by atoms with Gasteiger partial charge in [-0.05, 0) is 52.7 Å². The van der Waals surface area contributed by atoms with Crippen LogP contribution in [0.1, 0.15) is 11.1 Å². The van der Waals surface area contributed by atoms with E-state index in [-0.39, 0.29) is 0 Å². The number of hydrogen-bond acceptors (Lipinski definition) is 4. The van der Waals surface area contributed by atoms with E-state index in [9.17, 15) is 0 Å². The number of benzene rings is 2. The van der Waals surface area contributed by atoms with Crippen LogP contribution in [0.3, 0.4) is 0 Å². The van der Waals surface area contributed by atoms with Gasteiger partial charge in [0.05, 0.1) is 12.2 Å². The molecule has 0 N–H and O–H groups in total. The van der Waals surface area contributed by atoms with Crippen molar-refractivity contribution in [3.8, 4) is 0 Å². The van der Waals surface area contributed by atoms with Crippen LogP contribution in [-0.2, 0) is 13.6 Å². The van der Waals surface area contributed by atoms with E-state index in [0.717, 1.165) is 22.9 Å². The van der Waals surface area contributed by atoms with Gasteiger partial charge in [0.15, 0.2) is 0 Å². The van der Waals surface area contributed by atoms with Gasteiger partial charge in [-0.1, -0.05) is 30.3 Å². The molecule has 4 nitrogen and oxygen atoms in total. The largest absolute Gasteiger partial charge is 0.418 e. The molecule has 0 bridgehead atoms. The maximum Gasteiger partial charge on any atom is 0.408 e. The summed E-state index contributed by atoms with van der Waals surface area (Å²) in [6, 6.07) is 16.8. The van der Waals surface area contributed by atoms with Crippen LogP contribution >= 0.6 is 11.3 Å². The number of hydrogen-bond donors (Lipinski definition) is 0. The molecule has 0 atom stereocenters. The van der Waals surface area contributed by atoms with Crippen LogP contribution in [-0.4, -0.2) is 7.98 Å². The summed E-state index contributed by atoms with van der Waals surface area (Å²) in [6.07, 6.45) is 1.98. The quantitative estimate of drug-likeness (QED) is 0.396. The van der Waals surface area contributed by atoms with E-state index in [1.54, 1.807) is 11.3 Å². The first-order chi connectivity index (χ1) is 11.6. The molecule has 0 spiro atoms. The van der Waals surface area contributed by atoms with Gasteiger partial charge in [0, 0.05) is 17.6 Å². The van der Waals surface area contributed by atoms with Crippen LogP contribution in [0, 0.1) is 6.92 Å². The van der Waals surface area contributed by atoms with Crippen LogP contribution in [0.25, 0.3) is 0 Å². The van der Waals surface area contributed by atoms with Crippen LogP contribution in [0.15, 0.2) is 70.3 Å². The van der Waals surface area contributed by atoms with Gasteiger partial charge in [0.1, 0.15) is 11.9 Å². The van der Waals surface area contributed by atoms with Crippen molar-refractivity contribution in [1.29, 1.82) is 0 Å². The van der Waals surface area contributed by atoms with Crippen molar-refractivity contribution in [3.05, 3.63) is 71.2 Å². The Morgan fingerprint density at radius 3 is 2.58 bits per heavy atom. The first-order valence-electron chi connectivity index (χ1n) is 7.84. The lowest BCUT2D eigenvalue weighted by Crippen LogP contribution is -2.23. The second-order valence-corrected chi connectivity index (χ2v) is 6.68. The van der Waals surface area contributed by atoms with Gasteiger partial charge in [0.25, 0.3) is 0 Å². The summed E-state index contributed by atoms with van der Waals surface area (Å²) in [4.78, 5) is 2.24. The topological polar surface area (TPSA) is 31.8 Å². The summed E-state index contributed by atoms with van der Waals surface area (Å²) in [5.74, 6) is 0. The Morgan fingerprint density at radius 2 is 1.92 bits per heavy atom. The van der Waals surface area contributed by atoms with Crippen molar-refractivity contribution in [1.82, 2.24) is 0 Å². The van der Waals surface area contributed by atoms with Crippen LogP contribution in [0.4, 0.5) is 16.5 Å². The number of nitrogens with zero attached hydrogens (tertiary/aromatic N) is 4. The van der Waals surface area contributed by atoms with Gasteiger partial charge < -0.3 is 4.81 Å². The second-order valence-electron chi connectivity index (χ2n) is 5.81. The molecule has 0 aliphatic rings. The average molecular weight is 335 g/mol. The lowest BCUT2D eigenvalue weighted by atomic mass is 10.1. The van der Waals surface area contributed by atoms with Crippen LogP contribution in [0.2, 0.25) is 0 Å². The van der Waals surface area contributed by atoms with E-state index in [1.807, 2.05) is 35.3 Å². The Balaban J connectivity index is 1.74. The Labute approximate surface area is 147 Å². The highest BCUT2D eigenvalue weighted by Crippen LogP contribution is 2.26. The minimum atomic E-state index is 0.881. The highest BCUT2D eigenvalue weighted by molar-refractivity contribution is 7.12. The molecule has 0 unspecified atom stereocenters. The van der Waals surface area contributed by atoms with Gasteiger partial charge in [-0.25, -0.2) is 4.57 Å². The van der Waals surface area contributed by atoms with Crippen molar-refractivity contribution in [2.24, 2.45) is 17.3 Å². The minimum absolute atomic E-state index is 0.881. The van der Waals surface area contributed by atoms with Crippen molar-refractivity contribution >= 4 is 35.8 Å². The minimum Gasteiger partial charge on any atom is -0.418 e. The zero-order valence-electron chi connectivity index (χ0n) is 14.2. The van der Waals surface area contributed by atoms with Crippen molar-refractivity contribution in [2.75, 3.05) is 4.81 Å². The molecule has 24 heavy (non-hydrogen) atoms. The Morgan fingerprint density at radius 1 is 1.12 bits per heavy atom. The molecule has 0 aliphatic heterocycles. The molecule has 0 fully saturated rings. The number of aromatic nitrogens is 1. The summed E-state index contributed by atoms with van der Waals surface area (Å²) < 4.78 is 1.96. The molecule has 0 saturated heterocycles. The molecule has 1 aromatic heterocycles. The van der Waals surface area contributed by atoms with Crippen LogP contribution in [0.5, 0.6) is 0 Å². The first kappa shape index (κ1) is 16.4. The standard InChI is InChI=1S/C18H20BN4S/c1-14-12-16(23(19)13-15-6-4-3-5-7-15)8-9-17(14)20-21-18-22(2)10-11-24-18/h3-12H,13,19H2,1-2H3/q+1. The number of azo groups is 1. The lowest BCUT2D eigenvalue weighted by molar-refractivity contribution is -0.654. The molecular weight excluding hydrogens is 315 g/mol. The van der Waals surface area contributed by atoms with Crippen molar-refractivity contribution < 1.29 is 4.57 Å². The molecule has 2 aromatic carbocycles. The van der Waals surface area contributed by atoms with Gasteiger partial charge in [0.2, 0.25) is 7.98 Å². The van der Waals surface area contributed by atoms with Gasteiger partial charge >= 0.3 is 5.13 Å². The normalized spacial score (nSPS) is 11.1.